The van der Waals surface area contributed by atoms with Gasteiger partial charge in [0.25, 0.3) is 0 Å². The van der Waals surface area contributed by atoms with Crippen LogP contribution in [0.5, 0.6) is 0 Å². The van der Waals surface area contributed by atoms with Gasteiger partial charge in [0.05, 0.1) is 5.56 Å². The normalized spacial score (nSPS) is 10.6. The van der Waals surface area contributed by atoms with Gasteiger partial charge in [-0.2, -0.15) is 0 Å². The molecular formula is C18H14BrNO2. The molecule has 3 aromatic rings. The number of hydrogen-bond acceptors (Lipinski definition) is 3. The van der Waals surface area contributed by atoms with Crippen LogP contribution in [-0.4, -0.2) is 4.98 Å². The zero-order chi connectivity index (χ0) is 15.4. The highest BCUT2D eigenvalue weighted by Gasteiger charge is 2.13. The zero-order valence-corrected chi connectivity index (χ0v) is 13.4. The first-order valence-electron chi connectivity index (χ1n) is 7.02. The third kappa shape index (κ3) is 3.34. The topological polar surface area (TPSA) is 43.1 Å². The van der Waals surface area contributed by atoms with Crippen molar-refractivity contribution in [3.63, 3.8) is 0 Å². The summed E-state index contributed by atoms with van der Waals surface area (Å²) in [5.74, 6) is 0.350. The molecule has 0 fully saturated rings. The van der Waals surface area contributed by atoms with E-state index in [0.717, 1.165) is 28.4 Å². The molecule has 1 heterocycles. The van der Waals surface area contributed by atoms with Gasteiger partial charge in [0.15, 0.2) is 0 Å². The quantitative estimate of drug-likeness (QED) is 0.702. The van der Waals surface area contributed by atoms with E-state index in [0.29, 0.717) is 5.89 Å². The number of rotatable bonds is 4. The highest BCUT2D eigenvalue weighted by Crippen LogP contribution is 2.30. The Morgan fingerprint density at radius 1 is 0.955 bits per heavy atom. The molecule has 0 N–H and O–H groups in total. The van der Waals surface area contributed by atoms with Crippen LogP contribution in [-0.2, 0) is 12.8 Å². The van der Waals surface area contributed by atoms with Crippen molar-refractivity contribution < 1.29 is 4.42 Å². The monoisotopic (exact) mass is 355 g/mol. The van der Waals surface area contributed by atoms with Crippen molar-refractivity contribution in [3.05, 3.63) is 86.8 Å². The Morgan fingerprint density at radius 2 is 1.77 bits per heavy atom. The fraction of sp³-hybridized carbons (Fsp3) is 0.111. The van der Waals surface area contributed by atoms with Gasteiger partial charge in [-0.25, -0.2) is 9.78 Å². The minimum Gasteiger partial charge on any atom is -0.404 e. The van der Waals surface area contributed by atoms with E-state index >= 15 is 0 Å². The lowest BCUT2D eigenvalue weighted by atomic mass is 9.99. The molecular weight excluding hydrogens is 342 g/mol. The fourth-order valence-electron chi connectivity index (χ4n) is 2.38. The van der Waals surface area contributed by atoms with Gasteiger partial charge in [-0.05, 0) is 46.0 Å². The third-order valence-electron chi connectivity index (χ3n) is 3.44. The lowest BCUT2D eigenvalue weighted by Gasteiger charge is -2.10. The molecule has 3 rings (SSSR count). The Hall–Kier alpha value is -2.20. The van der Waals surface area contributed by atoms with E-state index in [1.54, 1.807) is 0 Å². The molecule has 0 atom stereocenters. The van der Waals surface area contributed by atoms with Gasteiger partial charge in [0, 0.05) is 16.7 Å². The molecule has 0 bridgehead atoms. The van der Waals surface area contributed by atoms with E-state index in [1.807, 2.05) is 36.4 Å². The Morgan fingerprint density at radius 3 is 2.55 bits per heavy atom. The van der Waals surface area contributed by atoms with E-state index < -0.39 is 5.63 Å². The minimum atomic E-state index is -0.394. The van der Waals surface area contributed by atoms with E-state index in [2.05, 4.69) is 33.0 Å². The van der Waals surface area contributed by atoms with Crippen molar-refractivity contribution in [2.24, 2.45) is 0 Å². The summed E-state index contributed by atoms with van der Waals surface area (Å²) >= 11 is 3.53. The summed E-state index contributed by atoms with van der Waals surface area (Å²) in [5.41, 5.74) is 2.82. The summed E-state index contributed by atoms with van der Waals surface area (Å²) in [6, 6.07) is 17.6. The van der Waals surface area contributed by atoms with Gasteiger partial charge in [0.1, 0.15) is 0 Å². The highest BCUT2D eigenvalue weighted by molar-refractivity contribution is 9.10. The van der Waals surface area contributed by atoms with Crippen LogP contribution in [0.3, 0.4) is 0 Å². The van der Waals surface area contributed by atoms with Gasteiger partial charge in [-0.15, -0.1) is 0 Å². The van der Waals surface area contributed by atoms with E-state index in [-0.39, 0.29) is 0 Å². The van der Waals surface area contributed by atoms with Crippen LogP contribution >= 0.6 is 15.9 Å². The molecule has 0 aliphatic heterocycles. The lowest BCUT2D eigenvalue weighted by molar-refractivity contribution is 0.506. The second-order valence-electron chi connectivity index (χ2n) is 4.93. The summed E-state index contributed by atoms with van der Waals surface area (Å²) in [7, 11) is 0. The van der Waals surface area contributed by atoms with Crippen molar-refractivity contribution >= 4 is 15.9 Å². The van der Waals surface area contributed by atoms with Gasteiger partial charge < -0.3 is 4.42 Å². The van der Waals surface area contributed by atoms with Gasteiger partial charge in [0.2, 0.25) is 5.89 Å². The number of nitrogens with zero attached hydrogens (tertiary/aromatic N) is 1. The molecule has 0 aliphatic rings. The average Bonchev–Trinajstić information content (AvgIpc) is 2.54. The molecule has 0 saturated heterocycles. The van der Waals surface area contributed by atoms with Gasteiger partial charge >= 0.3 is 5.63 Å². The van der Waals surface area contributed by atoms with E-state index in [4.69, 9.17) is 4.42 Å². The summed E-state index contributed by atoms with van der Waals surface area (Å²) in [4.78, 5) is 15.6. The largest absolute Gasteiger partial charge is 0.404 e. The van der Waals surface area contributed by atoms with E-state index in [1.165, 1.54) is 17.8 Å². The van der Waals surface area contributed by atoms with Crippen molar-refractivity contribution in [1.29, 1.82) is 0 Å². The summed E-state index contributed by atoms with van der Waals surface area (Å²) in [6.45, 7) is 0. The molecule has 0 radical (unpaired) electrons. The minimum absolute atomic E-state index is 0.350. The van der Waals surface area contributed by atoms with Crippen molar-refractivity contribution in [3.8, 4) is 11.5 Å². The first-order chi connectivity index (χ1) is 10.7. The number of hydrogen-bond donors (Lipinski definition) is 0. The second-order valence-corrected chi connectivity index (χ2v) is 5.78. The van der Waals surface area contributed by atoms with Crippen LogP contribution in [0.1, 0.15) is 11.1 Å². The lowest BCUT2D eigenvalue weighted by Crippen LogP contribution is -2.01. The molecule has 0 aliphatic carbocycles. The fourth-order valence-corrected chi connectivity index (χ4v) is 2.95. The first-order valence-corrected chi connectivity index (χ1v) is 7.81. The highest BCUT2D eigenvalue weighted by atomic mass is 79.9. The average molecular weight is 356 g/mol. The number of benzene rings is 2. The zero-order valence-electron chi connectivity index (χ0n) is 11.8. The summed E-state index contributed by atoms with van der Waals surface area (Å²) in [5, 5.41) is 0. The Bertz CT molecular complexity index is 828. The molecule has 0 saturated carbocycles. The van der Waals surface area contributed by atoms with Crippen LogP contribution in [0.15, 0.2) is 74.5 Å². The van der Waals surface area contributed by atoms with Gasteiger partial charge in [-0.3, -0.25) is 0 Å². The third-order valence-corrected chi connectivity index (χ3v) is 4.10. The molecule has 2 aromatic carbocycles. The summed E-state index contributed by atoms with van der Waals surface area (Å²) in [6.07, 6.45) is 3.24. The predicted molar refractivity (Wildman–Crippen MR) is 89.8 cm³/mol. The maximum Gasteiger partial charge on any atom is 0.339 e. The van der Waals surface area contributed by atoms with Crippen LogP contribution < -0.4 is 5.63 Å². The number of aromatic nitrogens is 1. The Kier molecular flexibility index (Phi) is 4.49. The van der Waals surface area contributed by atoms with Crippen molar-refractivity contribution in [1.82, 2.24) is 4.98 Å². The van der Waals surface area contributed by atoms with Crippen molar-refractivity contribution in [2.75, 3.05) is 0 Å². The van der Waals surface area contributed by atoms with Crippen LogP contribution in [0.4, 0.5) is 0 Å². The molecule has 3 nitrogen and oxygen atoms in total. The molecule has 0 spiro atoms. The molecule has 22 heavy (non-hydrogen) atoms. The summed E-state index contributed by atoms with van der Waals surface area (Å²) < 4.78 is 6.12. The Balaban J connectivity index is 1.95. The van der Waals surface area contributed by atoms with Crippen LogP contribution in [0.25, 0.3) is 11.5 Å². The molecule has 1 aromatic heterocycles. The maximum absolute atomic E-state index is 11.4. The second kappa shape index (κ2) is 6.71. The number of halogens is 1. The first kappa shape index (κ1) is 14.7. The van der Waals surface area contributed by atoms with Gasteiger partial charge in [-0.1, -0.05) is 42.5 Å². The van der Waals surface area contributed by atoms with E-state index in [9.17, 15) is 4.79 Å². The standard InChI is InChI=1S/C18H14BrNO2/c19-15-8-4-7-14(10-9-13-5-2-1-3-6-13)17(15)18-20-12-11-16(21)22-18/h1-8,11-12H,9-10H2. The smallest absolute Gasteiger partial charge is 0.339 e. The SMILES string of the molecule is O=c1ccnc(-c2c(Br)cccc2CCc2ccccc2)o1. The molecule has 110 valence electrons. The molecule has 0 unspecified atom stereocenters. The maximum atomic E-state index is 11.4. The molecule has 4 heteroatoms. The molecule has 0 amide bonds. The van der Waals surface area contributed by atoms with Crippen LogP contribution in [0.2, 0.25) is 0 Å². The predicted octanol–water partition coefficient (Wildman–Crippen LogP) is 4.25. The number of aryl methyl sites for hydroxylation is 2. The Labute approximate surface area is 136 Å². The van der Waals surface area contributed by atoms with Crippen LogP contribution in [0, 0.1) is 0 Å². The van der Waals surface area contributed by atoms with Crippen molar-refractivity contribution in [2.45, 2.75) is 12.8 Å².